The minimum Gasteiger partial charge on any atom is -0.381 e. The number of nitrogens with zero attached hydrogens (tertiary/aromatic N) is 1. The minimum atomic E-state index is -0.00472. The molecule has 1 heterocycles. The first-order valence-corrected chi connectivity index (χ1v) is 11.5. The van der Waals surface area contributed by atoms with Gasteiger partial charge in [0.1, 0.15) is 0 Å². The lowest BCUT2D eigenvalue weighted by Crippen LogP contribution is -2.36. The molecule has 0 atom stereocenters. The number of carbonyl (C=O) groups is 1. The van der Waals surface area contributed by atoms with Gasteiger partial charge in [-0.1, -0.05) is 34.1 Å². The molecule has 5 heteroatoms. The van der Waals surface area contributed by atoms with Gasteiger partial charge in [-0.3, -0.25) is 9.69 Å². The van der Waals surface area contributed by atoms with Gasteiger partial charge < -0.3 is 10.1 Å². The third kappa shape index (κ3) is 5.39. The SMILES string of the molecule is CN(Cc1ccc(NC(=O)C2=Cc3cc(Br)ccc3CCC2)cc1)C1CCOCC1. The van der Waals surface area contributed by atoms with Crippen molar-refractivity contribution in [2.45, 2.75) is 44.7 Å². The fourth-order valence-electron chi connectivity index (χ4n) is 4.28. The van der Waals surface area contributed by atoms with E-state index < -0.39 is 0 Å². The Kier molecular flexibility index (Phi) is 7.03. The van der Waals surface area contributed by atoms with Gasteiger partial charge in [0.25, 0.3) is 5.91 Å². The molecule has 2 aromatic rings. The van der Waals surface area contributed by atoms with E-state index >= 15 is 0 Å². The van der Waals surface area contributed by atoms with Gasteiger partial charge in [0.05, 0.1) is 0 Å². The van der Waals surface area contributed by atoms with Crippen molar-refractivity contribution in [1.29, 1.82) is 0 Å². The van der Waals surface area contributed by atoms with Crippen LogP contribution in [0.5, 0.6) is 0 Å². The van der Waals surface area contributed by atoms with E-state index in [2.05, 4.69) is 63.5 Å². The number of fused-ring (bicyclic) bond motifs is 1. The van der Waals surface area contributed by atoms with Crippen molar-refractivity contribution < 1.29 is 9.53 Å². The van der Waals surface area contributed by atoms with Crippen LogP contribution in [0, 0.1) is 0 Å². The number of rotatable bonds is 5. The molecule has 4 rings (SSSR count). The molecule has 0 aromatic heterocycles. The molecule has 0 spiro atoms. The van der Waals surface area contributed by atoms with Gasteiger partial charge in [-0.15, -0.1) is 0 Å². The fraction of sp³-hybridized carbons (Fsp3) is 0.400. The van der Waals surface area contributed by atoms with Crippen LogP contribution in [-0.4, -0.2) is 37.1 Å². The topological polar surface area (TPSA) is 41.6 Å². The number of amides is 1. The highest BCUT2D eigenvalue weighted by Crippen LogP contribution is 2.27. The molecule has 1 amide bonds. The van der Waals surface area contributed by atoms with Crippen LogP contribution in [-0.2, 0) is 22.5 Å². The van der Waals surface area contributed by atoms with E-state index in [1.54, 1.807) is 0 Å². The van der Waals surface area contributed by atoms with E-state index in [4.69, 9.17) is 4.74 Å². The molecule has 158 valence electrons. The molecule has 2 aromatic carbocycles. The van der Waals surface area contributed by atoms with Gasteiger partial charge in [-0.2, -0.15) is 0 Å². The second-order valence-corrected chi connectivity index (χ2v) is 9.19. The average Bonchev–Trinajstić information content (AvgIpc) is 2.98. The summed E-state index contributed by atoms with van der Waals surface area (Å²) in [5.74, 6) is -0.00472. The highest BCUT2D eigenvalue weighted by atomic mass is 79.9. The molecule has 1 aliphatic heterocycles. The average molecular weight is 469 g/mol. The zero-order valence-corrected chi connectivity index (χ0v) is 19.1. The maximum atomic E-state index is 12.9. The summed E-state index contributed by atoms with van der Waals surface area (Å²) in [5.41, 5.74) is 5.39. The summed E-state index contributed by atoms with van der Waals surface area (Å²) in [6.45, 7) is 2.63. The summed E-state index contributed by atoms with van der Waals surface area (Å²) in [6.07, 6.45) is 7.03. The van der Waals surface area contributed by atoms with Gasteiger partial charge >= 0.3 is 0 Å². The van der Waals surface area contributed by atoms with Crippen LogP contribution in [0.4, 0.5) is 5.69 Å². The molecule has 0 unspecified atom stereocenters. The number of carbonyl (C=O) groups excluding carboxylic acids is 1. The lowest BCUT2D eigenvalue weighted by atomic mass is 10.0. The van der Waals surface area contributed by atoms with Crippen molar-refractivity contribution in [2.24, 2.45) is 0 Å². The van der Waals surface area contributed by atoms with E-state index in [9.17, 15) is 4.79 Å². The van der Waals surface area contributed by atoms with Crippen LogP contribution in [0.3, 0.4) is 0 Å². The zero-order chi connectivity index (χ0) is 20.9. The Morgan fingerprint density at radius 1 is 1.13 bits per heavy atom. The molecule has 30 heavy (non-hydrogen) atoms. The van der Waals surface area contributed by atoms with E-state index in [1.807, 2.05) is 18.2 Å². The summed E-state index contributed by atoms with van der Waals surface area (Å²) >= 11 is 3.54. The Morgan fingerprint density at radius 2 is 1.90 bits per heavy atom. The molecule has 0 bridgehead atoms. The molecular weight excluding hydrogens is 440 g/mol. The van der Waals surface area contributed by atoms with Gasteiger partial charge in [0.2, 0.25) is 0 Å². The second kappa shape index (κ2) is 9.90. The maximum Gasteiger partial charge on any atom is 0.251 e. The molecule has 1 fully saturated rings. The van der Waals surface area contributed by atoms with E-state index in [0.29, 0.717) is 6.04 Å². The Labute approximate surface area is 187 Å². The number of aryl methyl sites for hydroxylation is 1. The first kappa shape index (κ1) is 21.3. The lowest BCUT2D eigenvalue weighted by molar-refractivity contribution is -0.112. The fourth-order valence-corrected chi connectivity index (χ4v) is 4.66. The van der Waals surface area contributed by atoms with Crippen LogP contribution in [0.15, 0.2) is 52.5 Å². The molecule has 0 saturated carbocycles. The van der Waals surface area contributed by atoms with Crippen LogP contribution in [0.25, 0.3) is 6.08 Å². The van der Waals surface area contributed by atoms with Crippen LogP contribution in [0.1, 0.15) is 42.4 Å². The van der Waals surface area contributed by atoms with Crippen molar-refractivity contribution in [3.63, 3.8) is 0 Å². The summed E-state index contributed by atoms with van der Waals surface area (Å²) in [4.78, 5) is 15.3. The second-order valence-electron chi connectivity index (χ2n) is 8.28. The maximum absolute atomic E-state index is 12.9. The molecule has 2 aliphatic rings. The zero-order valence-electron chi connectivity index (χ0n) is 17.5. The Balaban J connectivity index is 1.38. The molecule has 1 N–H and O–H groups in total. The number of benzene rings is 2. The number of hydrogen-bond acceptors (Lipinski definition) is 3. The van der Waals surface area contributed by atoms with Gasteiger partial charge in [-0.05, 0) is 86.2 Å². The first-order chi connectivity index (χ1) is 14.6. The predicted octanol–water partition coefficient (Wildman–Crippen LogP) is 5.42. The van der Waals surface area contributed by atoms with Gasteiger partial charge in [0, 0.05) is 41.5 Å². The largest absolute Gasteiger partial charge is 0.381 e. The van der Waals surface area contributed by atoms with E-state index in [1.165, 1.54) is 11.1 Å². The molecule has 0 radical (unpaired) electrons. The summed E-state index contributed by atoms with van der Waals surface area (Å²) in [6, 6.07) is 15.1. The highest BCUT2D eigenvalue weighted by molar-refractivity contribution is 9.10. The quantitative estimate of drug-likeness (QED) is 0.636. The number of halogens is 1. The van der Waals surface area contributed by atoms with Crippen molar-refractivity contribution in [1.82, 2.24) is 4.90 Å². The van der Waals surface area contributed by atoms with Crippen LogP contribution in [0.2, 0.25) is 0 Å². The van der Waals surface area contributed by atoms with Crippen molar-refractivity contribution >= 4 is 33.6 Å². The predicted molar refractivity (Wildman–Crippen MR) is 125 cm³/mol. The minimum absolute atomic E-state index is 0.00472. The third-order valence-corrected chi connectivity index (χ3v) is 6.57. The van der Waals surface area contributed by atoms with E-state index in [-0.39, 0.29) is 5.91 Å². The summed E-state index contributed by atoms with van der Waals surface area (Å²) < 4.78 is 6.50. The number of hydrogen-bond donors (Lipinski definition) is 1. The molecule has 1 saturated heterocycles. The van der Waals surface area contributed by atoms with Gasteiger partial charge in [-0.25, -0.2) is 0 Å². The lowest BCUT2D eigenvalue weighted by Gasteiger charge is -2.31. The van der Waals surface area contributed by atoms with Crippen LogP contribution < -0.4 is 5.32 Å². The smallest absolute Gasteiger partial charge is 0.251 e. The monoisotopic (exact) mass is 468 g/mol. The first-order valence-electron chi connectivity index (χ1n) is 10.8. The number of ether oxygens (including phenoxy) is 1. The summed E-state index contributed by atoms with van der Waals surface area (Å²) in [5, 5.41) is 3.08. The van der Waals surface area contributed by atoms with Crippen molar-refractivity contribution in [2.75, 3.05) is 25.6 Å². The van der Waals surface area contributed by atoms with Crippen molar-refractivity contribution in [3.05, 3.63) is 69.2 Å². The Bertz CT molecular complexity index is 917. The van der Waals surface area contributed by atoms with Gasteiger partial charge in [0.15, 0.2) is 0 Å². The molecule has 4 nitrogen and oxygen atoms in total. The summed E-state index contributed by atoms with van der Waals surface area (Å²) in [7, 11) is 2.18. The molecule has 1 aliphatic carbocycles. The highest BCUT2D eigenvalue weighted by Gasteiger charge is 2.19. The molecular formula is C25H29BrN2O2. The standard InChI is InChI=1S/C25H29BrN2O2/c1-28(24-11-13-30-14-12-24)17-18-5-9-23(10-6-18)27-25(29)20-4-2-3-19-7-8-22(26)16-21(19)15-20/h5-10,15-16,24H,2-4,11-14,17H2,1H3,(H,27,29). The van der Waals surface area contributed by atoms with Crippen LogP contribution >= 0.6 is 15.9 Å². The third-order valence-electron chi connectivity index (χ3n) is 6.08. The number of anilines is 1. The number of nitrogens with one attached hydrogen (secondary N) is 1. The Hall–Kier alpha value is -1.95. The Morgan fingerprint density at radius 3 is 2.67 bits per heavy atom. The van der Waals surface area contributed by atoms with Crippen molar-refractivity contribution in [3.8, 4) is 0 Å². The van der Waals surface area contributed by atoms with E-state index in [0.717, 1.165) is 73.2 Å². The normalized spacial score (nSPS) is 17.2.